The summed E-state index contributed by atoms with van der Waals surface area (Å²) in [6, 6.07) is 16.9. The Hall–Kier alpha value is -1.88. The van der Waals surface area contributed by atoms with Gasteiger partial charge in [0.15, 0.2) is 0 Å². The van der Waals surface area contributed by atoms with Crippen LogP contribution in [-0.2, 0) is 6.42 Å². The molecule has 130 valence electrons. The highest BCUT2D eigenvalue weighted by molar-refractivity contribution is 5.87. The monoisotopic (exact) mass is 349 g/mol. The molecule has 1 aliphatic carbocycles. The maximum Gasteiger partial charge on any atom is 0.335 e. The molecule has 5 heteroatoms. The molecule has 0 radical (unpaired) electrons. The number of hydrogen-bond acceptors (Lipinski definition) is 3. The van der Waals surface area contributed by atoms with Crippen LogP contribution >= 0.6 is 12.4 Å². The van der Waals surface area contributed by atoms with E-state index in [9.17, 15) is 9.90 Å². The molecule has 0 saturated heterocycles. The fraction of sp³-hybridized carbons (Fsp3) is 0.316. The van der Waals surface area contributed by atoms with E-state index in [0.717, 1.165) is 12.8 Å². The van der Waals surface area contributed by atoms with Crippen molar-refractivity contribution in [2.24, 2.45) is 0 Å². The summed E-state index contributed by atoms with van der Waals surface area (Å²) in [6.07, 6.45) is 1.65. The first-order valence-electron chi connectivity index (χ1n) is 7.71. The highest BCUT2D eigenvalue weighted by atomic mass is 35.5. The van der Waals surface area contributed by atoms with Crippen molar-refractivity contribution in [1.82, 2.24) is 4.90 Å². The molecule has 2 N–H and O–H groups in total. The molecule has 2 aromatic carbocycles. The van der Waals surface area contributed by atoms with Gasteiger partial charge in [0.2, 0.25) is 0 Å². The number of aryl methyl sites for hydroxylation is 1. The van der Waals surface area contributed by atoms with E-state index >= 15 is 0 Å². The minimum atomic E-state index is -0.879. The molecule has 2 atom stereocenters. The Labute approximate surface area is 149 Å². The summed E-state index contributed by atoms with van der Waals surface area (Å²) in [4.78, 5) is 12.3. The number of carbonyl (C=O) groups is 1. The molecule has 0 unspecified atom stereocenters. The van der Waals surface area contributed by atoms with Crippen LogP contribution in [0.5, 0.6) is 0 Å². The minimum Gasteiger partial charge on any atom is -0.478 e. The summed E-state index contributed by atoms with van der Waals surface area (Å²) in [5.41, 5.74) is 3.00. The molecular formula is C19H24ClNO3. The van der Waals surface area contributed by atoms with E-state index in [1.54, 1.807) is 30.3 Å². The van der Waals surface area contributed by atoms with Gasteiger partial charge in [0.1, 0.15) is 0 Å². The van der Waals surface area contributed by atoms with Gasteiger partial charge in [-0.2, -0.15) is 0 Å². The molecule has 0 fully saturated rings. The summed E-state index contributed by atoms with van der Waals surface area (Å²) in [6.45, 7) is 0. The highest BCUT2D eigenvalue weighted by Gasteiger charge is 2.28. The van der Waals surface area contributed by atoms with Gasteiger partial charge in [-0.1, -0.05) is 42.5 Å². The Kier molecular flexibility index (Phi) is 7.92. The van der Waals surface area contributed by atoms with E-state index in [1.807, 2.05) is 20.2 Å². The van der Waals surface area contributed by atoms with E-state index in [4.69, 9.17) is 5.11 Å². The average Bonchev–Trinajstić information content (AvgIpc) is 2.55. The molecule has 24 heavy (non-hydrogen) atoms. The van der Waals surface area contributed by atoms with Gasteiger partial charge in [-0.25, -0.2) is 4.79 Å². The third kappa shape index (κ3) is 5.06. The second kappa shape index (κ2) is 9.42. The second-order valence-electron chi connectivity index (χ2n) is 5.88. The molecule has 0 bridgehead atoms. The molecule has 0 heterocycles. The van der Waals surface area contributed by atoms with Crippen LogP contribution in [0.2, 0.25) is 0 Å². The fourth-order valence-corrected chi connectivity index (χ4v) is 2.92. The van der Waals surface area contributed by atoms with E-state index < -0.39 is 5.97 Å². The normalized spacial score (nSPS) is 18.7. The number of carboxylic acid groups (broad SMARTS) is 1. The predicted octanol–water partition coefficient (Wildman–Crippen LogP) is 3.40. The van der Waals surface area contributed by atoms with E-state index in [1.165, 1.54) is 11.1 Å². The maximum atomic E-state index is 10.2. The van der Waals surface area contributed by atoms with Crippen molar-refractivity contribution in [2.45, 2.75) is 25.0 Å². The number of carboxylic acids is 1. The van der Waals surface area contributed by atoms with Crippen molar-refractivity contribution in [2.75, 3.05) is 14.1 Å². The van der Waals surface area contributed by atoms with Crippen molar-refractivity contribution >= 4 is 18.4 Å². The van der Waals surface area contributed by atoms with Gasteiger partial charge >= 0.3 is 5.97 Å². The summed E-state index contributed by atoms with van der Waals surface area (Å²) in [5, 5.41) is 18.3. The van der Waals surface area contributed by atoms with Gasteiger partial charge in [-0.3, -0.25) is 0 Å². The number of likely N-dealkylation sites (N-methyl/N-ethyl adjacent to an activating group) is 1. The minimum absolute atomic E-state index is 0. The standard InChI is InChI=1S/C12H17NO.C7H6O2.ClH/c1-13(2)12-10-6-4-3-5-9(10)7-8-11(12)14;8-7(9)6-4-2-1-3-5-6;/h3-6,11-12,14H,7-8H2,1-2H3;1-5H,(H,8,9);1H/t11-,12-;;/m1../s1. The number of halogens is 1. The van der Waals surface area contributed by atoms with Crippen LogP contribution in [0.1, 0.15) is 33.9 Å². The third-order valence-electron chi connectivity index (χ3n) is 4.02. The average molecular weight is 350 g/mol. The second-order valence-corrected chi connectivity index (χ2v) is 5.88. The molecule has 0 aromatic heterocycles. The Morgan fingerprint density at radius 2 is 1.62 bits per heavy atom. The first-order valence-corrected chi connectivity index (χ1v) is 7.71. The lowest BCUT2D eigenvalue weighted by atomic mass is 9.85. The molecule has 1 aliphatic rings. The van der Waals surface area contributed by atoms with Crippen molar-refractivity contribution in [3.8, 4) is 0 Å². The number of rotatable bonds is 2. The molecule has 0 saturated carbocycles. The molecule has 2 aromatic rings. The van der Waals surface area contributed by atoms with Gasteiger partial charge in [-0.05, 0) is 50.2 Å². The molecular weight excluding hydrogens is 326 g/mol. The number of aromatic carboxylic acids is 1. The quantitative estimate of drug-likeness (QED) is 0.872. The number of nitrogens with zero attached hydrogens (tertiary/aromatic N) is 1. The first-order chi connectivity index (χ1) is 11.0. The number of fused-ring (bicyclic) bond motifs is 1. The zero-order valence-corrected chi connectivity index (χ0v) is 14.7. The number of aliphatic hydroxyl groups excluding tert-OH is 1. The predicted molar refractivity (Wildman–Crippen MR) is 97.8 cm³/mol. The summed E-state index contributed by atoms with van der Waals surface area (Å²) >= 11 is 0. The molecule has 0 aliphatic heterocycles. The third-order valence-corrected chi connectivity index (χ3v) is 4.02. The lowest BCUT2D eigenvalue weighted by Crippen LogP contribution is -2.35. The lowest BCUT2D eigenvalue weighted by Gasteiger charge is -2.34. The Morgan fingerprint density at radius 3 is 2.17 bits per heavy atom. The summed E-state index contributed by atoms with van der Waals surface area (Å²) in [7, 11) is 4.05. The van der Waals surface area contributed by atoms with Gasteiger partial charge < -0.3 is 15.1 Å². The van der Waals surface area contributed by atoms with E-state index in [2.05, 4.69) is 23.1 Å². The van der Waals surface area contributed by atoms with Crippen molar-refractivity contribution < 1.29 is 15.0 Å². The largest absolute Gasteiger partial charge is 0.478 e. The zero-order valence-electron chi connectivity index (χ0n) is 13.9. The Morgan fingerprint density at radius 1 is 1.04 bits per heavy atom. The molecule has 3 rings (SSSR count). The summed E-state index contributed by atoms with van der Waals surface area (Å²) in [5.74, 6) is -0.879. The van der Waals surface area contributed by atoms with Crippen molar-refractivity contribution in [1.29, 1.82) is 0 Å². The van der Waals surface area contributed by atoms with E-state index in [-0.39, 0.29) is 24.6 Å². The maximum absolute atomic E-state index is 10.2. The number of aliphatic hydroxyl groups is 1. The SMILES string of the molecule is CN(C)[C@@H]1c2ccccc2CC[C@H]1O.Cl.O=C(O)c1ccccc1. The highest BCUT2D eigenvalue weighted by Crippen LogP contribution is 2.32. The first kappa shape index (κ1) is 20.2. The van der Waals surface area contributed by atoms with Crippen LogP contribution in [0.15, 0.2) is 54.6 Å². The van der Waals surface area contributed by atoms with Crippen molar-refractivity contribution in [3.05, 3.63) is 71.3 Å². The molecule has 0 spiro atoms. The van der Waals surface area contributed by atoms with Crippen molar-refractivity contribution in [3.63, 3.8) is 0 Å². The summed E-state index contributed by atoms with van der Waals surface area (Å²) < 4.78 is 0. The van der Waals surface area contributed by atoms with Crippen LogP contribution < -0.4 is 0 Å². The topological polar surface area (TPSA) is 60.8 Å². The Balaban J connectivity index is 0.000000252. The van der Waals surface area contributed by atoms with Crippen LogP contribution in [0.25, 0.3) is 0 Å². The van der Waals surface area contributed by atoms with Gasteiger partial charge in [0.05, 0.1) is 17.7 Å². The van der Waals surface area contributed by atoms with Crippen LogP contribution in [0.4, 0.5) is 0 Å². The van der Waals surface area contributed by atoms with E-state index in [0.29, 0.717) is 5.56 Å². The lowest BCUT2D eigenvalue weighted by molar-refractivity contribution is 0.0613. The smallest absolute Gasteiger partial charge is 0.335 e. The van der Waals surface area contributed by atoms with Gasteiger partial charge in [0.25, 0.3) is 0 Å². The Bertz CT molecular complexity index is 646. The fourth-order valence-electron chi connectivity index (χ4n) is 2.92. The van der Waals surface area contributed by atoms with Crippen LogP contribution in [0.3, 0.4) is 0 Å². The molecule has 4 nitrogen and oxygen atoms in total. The van der Waals surface area contributed by atoms with Crippen LogP contribution in [0, 0.1) is 0 Å². The number of benzene rings is 2. The van der Waals surface area contributed by atoms with Gasteiger partial charge in [0, 0.05) is 0 Å². The van der Waals surface area contributed by atoms with Gasteiger partial charge in [-0.15, -0.1) is 12.4 Å². The molecule has 0 amide bonds. The zero-order chi connectivity index (χ0) is 16.8. The number of hydrogen-bond donors (Lipinski definition) is 2. The van der Waals surface area contributed by atoms with Crippen LogP contribution in [-0.4, -0.2) is 41.3 Å².